The number of ether oxygens (including phenoxy) is 1. The fourth-order valence-electron chi connectivity index (χ4n) is 3.54. The van der Waals surface area contributed by atoms with Gasteiger partial charge in [-0.1, -0.05) is 37.3 Å². The lowest BCUT2D eigenvalue weighted by Gasteiger charge is -2.27. The second-order valence-corrected chi connectivity index (χ2v) is 8.36. The Labute approximate surface area is 163 Å². The van der Waals surface area contributed by atoms with Crippen molar-refractivity contribution < 1.29 is 14.3 Å². The lowest BCUT2D eigenvalue weighted by atomic mass is 10.1. The molecule has 1 saturated carbocycles. The molecule has 27 heavy (non-hydrogen) atoms. The van der Waals surface area contributed by atoms with Crippen LogP contribution < -0.4 is 5.32 Å². The van der Waals surface area contributed by atoms with E-state index in [-0.39, 0.29) is 17.7 Å². The average Bonchev–Trinajstić information content (AvgIpc) is 3.35. The largest absolute Gasteiger partial charge is 0.378 e. The van der Waals surface area contributed by atoms with Crippen molar-refractivity contribution in [2.24, 2.45) is 11.8 Å². The van der Waals surface area contributed by atoms with Gasteiger partial charge in [0, 0.05) is 23.9 Å². The third-order valence-electron chi connectivity index (χ3n) is 5.38. The normalized spacial score (nSPS) is 21.8. The first-order valence-corrected chi connectivity index (χ1v) is 10.2. The summed E-state index contributed by atoms with van der Waals surface area (Å²) in [6, 6.07) is 10.0. The Bertz CT molecular complexity index is 856. The van der Waals surface area contributed by atoms with Crippen LogP contribution in [0.15, 0.2) is 30.3 Å². The molecule has 0 radical (unpaired) electrons. The molecule has 5 nitrogen and oxygen atoms in total. The molecule has 0 unspecified atom stereocenters. The van der Waals surface area contributed by atoms with Gasteiger partial charge in [-0.2, -0.15) is 0 Å². The van der Waals surface area contributed by atoms with Crippen LogP contribution in [0, 0.1) is 18.8 Å². The van der Waals surface area contributed by atoms with Gasteiger partial charge in [-0.15, -0.1) is 11.3 Å². The minimum Gasteiger partial charge on any atom is -0.378 e. The molecule has 1 aliphatic carbocycles. The Balaban J connectivity index is 1.71. The molecule has 4 rings (SSSR count). The minimum atomic E-state index is -0.0200. The van der Waals surface area contributed by atoms with Crippen LogP contribution in [0.4, 0.5) is 5.00 Å². The quantitative estimate of drug-likeness (QED) is 0.872. The van der Waals surface area contributed by atoms with Gasteiger partial charge in [-0.25, -0.2) is 0 Å². The smallest absolute Gasteiger partial charge is 0.257 e. The summed E-state index contributed by atoms with van der Waals surface area (Å²) in [4.78, 5) is 28.6. The van der Waals surface area contributed by atoms with E-state index in [9.17, 15) is 9.59 Å². The molecule has 142 valence electrons. The molecule has 1 aromatic carbocycles. The van der Waals surface area contributed by atoms with Crippen LogP contribution in [0.2, 0.25) is 0 Å². The Morgan fingerprint density at radius 3 is 2.48 bits per heavy atom. The summed E-state index contributed by atoms with van der Waals surface area (Å²) in [5, 5.41) is 3.73. The summed E-state index contributed by atoms with van der Waals surface area (Å²) >= 11 is 1.50. The van der Waals surface area contributed by atoms with Crippen molar-refractivity contribution in [3.05, 3.63) is 41.5 Å². The topological polar surface area (TPSA) is 58.6 Å². The van der Waals surface area contributed by atoms with Crippen LogP contribution in [0.25, 0.3) is 10.4 Å². The molecule has 0 spiro atoms. The Morgan fingerprint density at radius 1 is 1.19 bits per heavy atom. The van der Waals surface area contributed by atoms with Gasteiger partial charge in [0.2, 0.25) is 5.91 Å². The highest BCUT2D eigenvalue weighted by atomic mass is 32.1. The number of amides is 2. The fourth-order valence-corrected chi connectivity index (χ4v) is 4.75. The monoisotopic (exact) mass is 384 g/mol. The Hall–Kier alpha value is -2.18. The number of hydrogen-bond acceptors (Lipinski definition) is 4. The van der Waals surface area contributed by atoms with Crippen molar-refractivity contribution in [3.63, 3.8) is 0 Å². The van der Waals surface area contributed by atoms with Gasteiger partial charge in [0.15, 0.2) is 0 Å². The van der Waals surface area contributed by atoms with Crippen LogP contribution in [0.1, 0.15) is 29.3 Å². The van der Waals surface area contributed by atoms with Gasteiger partial charge in [-0.05, 0) is 30.4 Å². The SMILES string of the molecule is Cc1c(-c2ccccc2)sc(NC(=O)[C@H]2C[C@H]2C)c1C(=O)N1CCOCC1. The summed E-state index contributed by atoms with van der Waals surface area (Å²) in [7, 11) is 0. The summed E-state index contributed by atoms with van der Waals surface area (Å²) in [5.74, 6) is 0.504. The molecule has 1 aromatic heterocycles. The molecule has 2 heterocycles. The molecule has 1 saturated heterocycles. The van der Waals surface area contributed by atoms with Crippen molar-refractivity contribution in [1.82, 2.24) is 4.90 Å². The van der Waals surface area contributed by atoms with Gasteiger partial charge in [0.1, 0.15) is 5.00 Å². The van der Waals surface area contributed by atoms with E-state index in [2.05, 4.69) is 12.2 Å². The highest BCUT2D eigenvalue weighted by molar-refractivity contribution is 7.20. The van der Waals surface area contributed by atoms with Crippen LogP contribution in [-0.2, 0) is 9.53 Å². The van der Waals surface area contributed by atoms with Crippen LogP contribution in [0.5, 0.6) is 0 Å². The summed E-state index contributed by atoms with van der Waals surface area (Å²) in [5.41, 5.74) is 2.63. The standard InChI is InChI=1S/C21H24N2O3S/c1-13-12-16(13)19(24)22-20-17(21(25)23-8-10-26-11-9-23)14(2)18(27-20)15-6-4-3-5-7-15/h3-7,13,16H,8-12H2,1-2H3,(H,22,24)/t13-,16+/m1/s1. The zero-order valence-electron chi connectivity index (χ0n) is 15.7. The maximum atomic E-state index is 13.2. The van der Waals surface area contributed by atoms with Crippen molar-refractivity contribution in [2.45, 2.75) is 20.3 Å². The van der Waals surface area contributed by atoms with Crippen molar-refractivity contribution in [1.29, 1.82) is 0 Å². The first-order chi connectivity index (χ1) is 13.1. The average molecular weight is 385 g/mol. The van der Waals surface area contributed by atoms with Gasteiger partial charge in [0.05, 0.1) is 18.8 Å². The van der Waals surface area contributed by atoms with Gasteiger partial charge >= 0.3 is 0 Å². The minimum absolute atomic E-state index is 0.0200. The van der Waals surface area contributed by atoms with E-state index < -0.39 is 0 Å². The summed E-state index contributed by atoms with van der Waals surface area (Å²) in [6.45, 7) is 6.34. The number of nitrogens with one attached hydrogen (secondary N) is 1. The summed E-state index contributed by atoms with van der Waals surface area (Å²) < 4.78 is 5.38. The predicted octanol–water partition coefficient (Wildman–Crippen LogP) is 3.79. The third kappa shape index (κ3) is 3.64. The molecule has 2 amide bonds. The number of rotatable bonds is 4. The number of carbonyl (C=O) groups excluding carboxylic acids is 2. The Kier molecular flexibility index (Phi) is 5.02. The van der Waals surface area contributed by atoms with Gasteiger partial charge in [-0.3, -0.25) is 9.59 Å². The third-order valence-corrected chi connectivity index (χ3v) is 6.63. The molecule has 2 aromatic rings. The van der Waals surface area contributed by atoms with E-state index in [4.69, 9.17) is 4.74 Å². The van der Waals surface area contributed by atoms with E-state index in [1.54, 1.807) is 0 Å². The number of anilines is 1. The highest BCUT2D eigenvalue weighted by Gasteiger charge is 2.40. The molecular formula is C21H24N2O3S. The number of nitrogens with zero attached hydrogens (tertiary/aromatic N) is 1. The number of carbonyl (C=O) groups is 2. The molecule has 1 N–H and O–H groups in total. The molecule has 0 bridgehead atoms. The van der Waals surface area contributed by atoms with E-state index >= 15 is 0 Å². The van der Waals surface area contributed by atoms with Crippen molar-refractivity contribution in [3.8, 4) is 10.4 Å². The van der Waals surface area contributed by atoms with Gasteiger partial charge in [0.25, 0.3) is 5.91 Å². The maximum absolute atomic E-state index is 13.2. The molecular weight excluding hydrogens is 360 g/mol. The van der Waals surface area contributed by atoms with Gasteiger partial charge < -0.3 is 15.0 Å². The summed E-state index contributed by atoms with van der Waals surface area (Å²) in [6.07, 6.45) is 0.925. The zero-order chi connectivity index (χ0) is 19.0. The predicted molar refractivity (Wildman–Crippen MR) is 107 cm³/mol. The van der Waals surface area contributed by atoms with E-state index in [0.717, 1.165) is 22.4 Å². The van der Waals surface area contributed by atoms with E-state index in [1.807, 2.05) is 42.2 Å². The maximum Gasteiger partial charge on any atom is 0.257 e. The second-order valence-electron chi connectivity index (χ2n) is 7.34. The van der Waals surface area contributed by atoms with Crippen LogP contribution >= 0.6 is 11.3 Å². The van der Waals surface area contributed by atoms with Crippen LogP contribution in [0.3, 0.4) is 0 Å². The second kappa shape index (κ2) is 7.44. The molecule has 6 heteroatoms. The van der Waals surface area contributed by atoms with E-state index in [0.29, 0.717) is 42.8 Å². The lowest BCUT2D eigenvalue weighted by Crippen LogP contribution is -2.41. The first-order valence-electron chi connectivity index (χ1n) is 9.43. The Morgan fingerprint density at radius 2 is 1.85 bits per heavy atom. The number of hydrogen-bond donors (Lipinski definition) is 1. The fraction of sp³-hybridized carbons (Fsp3) is 0.429. The molecule has 2 fully saturated rings. The van der Waals surface area contributed by atoms with Crippen molar-refractivity contribution in [2.75, 3.05) is 31.6 Å². The number of morpholine rings is 1. The first kappa shape index (κ1) is 18.2. The van der Waals surface area contributed by atoms with Crippen LogP contribution in [-0.4, -0.2) is 43.0 Å². The number of thiophene rings is 1. The molecule has 1 aliphatic heterocycles. The van der Waals surface area contributed by atoms with E-state index in [1.165, 1.54) is 11.3 Å². The number of benzene rings is 1. The highest BCUT2D eigenvalue weighted by Crippen LogP contribution is 2.43. The zero-order valence-corrected chi connectivity index (χ0v) is 16.5. The van der Waals surface area contributed by atoms with Crippen molar-refractivity contribution >= 4 is 28.2 Å². The molecule has 2 aliphatic rings. The lowest BCUT2D eigenvalue weighted by molar-refractivity contribution is -0.117. The molecule has 2 atom stereocenters.